The summed E-state index contributed by atoms with van der Waals surface area (Å²) in [4.78, 5) is 23.0. The Bertz CT molecular complexity index is 441. The highest BCUT2D eigenvalue weighted by Crippen LogP contribution is 2.23. The van der Waals surface area contributed by atoms with Crippen LogP contribution >= 0.6 is 0 Å². The van der Waals surface area contributed by atoms with Crippen LogP contribution in [0.15, 0.2) is 24.3 Å². The van der Waals surface area contributed by atoms with Gasteiger partial charge in [0.2, 0.25) is 0 Å². The Morgan fingerprint density at radius 1 is 1.24 bits per heavy atom. The molecule has 1 unspecified atom stereocenters. The first kappa shape index (κ1) is 13.4. The van der Waals surface area contributed by atoms with E-state index in [0.29, 0.717) is 11.1 Å². The molecule has 0 saturated carbocycles. The van der Waals surface area contributed by atoms with Crippen LogP contribution in [0, 0.1) is 5.41 Å². The number of aliphatic carboxylic acids is 1. The molecule has 0 heterocycles. The Morgan fingerprint density at radius 3 is 2.29 bits per heavy atom. The van der Waals surface area contributed by atoms with E-state index in [1.165, 1.54) is 0 Å². The van der Waals surface area contributed by atoms with E-state index in [9.17, 15) is 9.59 Å². The smallest absolute Gasteiger partial charge is 0.310 e. The number of carbonyl (C=O) groups is 2. The van der Waals surface area contributed by atoms with E-state index in [-0.39, 0.29) is 5.78 Å². The maximum atomic E-state index is 12.1. The molecule has 3 heteroatoms. The number of hydrogen-bond acceptors (Lipinski definition) is 2. The Labute approximate surface area is 101 Å². The summed E-state index contributed by atoms with van der Waals surface area (Å²) in [6.07, 6.45) is 0. The Balaban J connectivity index is 3.10. The number of carbonyl (C=O) groups excluding carboxylic acids is 1. The van der Waals surface area contributed by atoms with Crippen LogP contribution < -0.4 is 0 Å². The molecule has 0 radical (unpaired) electrons. The van der Waals surface area contributed by atoms with Gasteiger partial charge in [-0.1, -0.05) is 39.0 Å². The molecule has 92 valence electrons. The molecule has 17 heavy (non-hydrogen) atoms. The second-order valence-electron chi connectivity index (χ2n) is 5.26. The van der Waals surface area contributed by atoms with Crippen LogP contribution in [0.2, 0.25) is 0 Å². The summed E-state index contributed by atoms with van der Waals surface area (Å²) >= 11 is 0. The SMILES string of the molecule is CC(C(=O)O)c1cccc(C(=O)C(C)(C)C)c1. The van der Waals surface area contributed by atoms with Crippen molar-refractivity contribution >= 4 is 11.8 Å². The summed E-state index contributed by atoms with van der Waals surface area (Å²) in [5, 5.41) is 8.94. The molecule has 0 saturated heterocycles. The molecule has 0 spiro atoms. The lowest BCUT2D eigenvalue weighted by molar-refractivity contribution is -0.138. The third-order valence-electron chi connectivity index (χ3n) is 2.70. The van der Waals surface area contributed by atoms with E-state index in [1.54, 1.807) is 31.2 Å². The average molecular weight is 234 g/mol. The average Bonchev–Trinajstić information content (AvgIpc) is 2.25. The van der Waals surface area contributed by atoms with Crippen molar-refractivity contribution in [2.45, 2.75) is 33.6 Å². The maximum absolute atomic E-state index is 12.1. The van der Waals surface area contributed by atoms with Crippen LogP contribution in [0.5, 0.6) is 0 Å². The molecule has 1 rings (SSSR count). The largest absolute Gasteiger partial charge is 0.481 e. The second kappa shape index (κ2) is 4.70. The van der Waals surface area contributed by atoms with Crippen molar-refractivity contribution in [3.8, 4) is 0 Å². The summed E-state index contributed by atoms with van der Waals surface area (Å²) in [5.74, 6) is -1.45. The molecule has 1 aromatic carbocycles. The summed E-state index contributed by atoms with van der Waals surface area (Å²) < 4.78 is 0. The molecule has 0 aromatic heterocycles. The van der Waals surface area contributed by atoms with Gasteiger partial charge >= 0.3 is 5.97 Å². The third-order valence-corrected chi connectivity index (χ3v) is 2.70. The van der Waals surface area contributed by atoms with Crippen LogP contribution in [0.25, 0.3) is 0 Å². The van der Waals surface area contributed by atoms with Gasteiger partial charge in [-0.3, -0.25) is 9.59 Å². The van der Waals surface area contributed by atoms with Gasteiger partial charge in [0.25, 0.3) is 0 Å². The summed E-state index contributed by atoms with van der Waals surface area (Å²) in [7, 11) is 0. The van der Waals surface area contributed by atoms with E-state index in [2.05, 4.69) is 0 Å². The molecule has 0 fully saturated rings. The quantitative estimate of drug-likeness (QED) is 0.817. The van der Waals surface area contributed by atoms with Crippen LogP contribution in [-0.4, -0.2) is 16.9 Å². The minimum Gasteiger partial charge on any atom is -0.481 e. The van der Waals surface area contributed by atoms with Crippen molar-refractivity contribution in [3.63, 3.8) is 0 Å². The summed E-state index contributed by atoms with van der Waals surface area (Å²) in [6, 6.07) is 6.87. The molecular formula is C14H18O3. The highest BCUT2D eigenvalue weighted by atomic mass is 16.4. The predicted molar refractivity (Wildman–Crippen MR) is 66.3 cm³/mol. The van der Waals surface area contributed by atoms with E-state index in [4.69, 9.17) is 5.11 Å². The monoisotopic (exact) mass is 234 g/mol. The van der Waals surface area contributed by atoms with Crippen molar-refractivity contribution in [2.24, 2.45) is 5.41 Å². The van der Waals surface area contributed by atoms with Gasteiger partial charge in [-0.2, -0.15) is 0 Å². The number of carboxylic acid groups (broad SMARTS) is 1. The molecule has 0 amide bonds. The van der Waals surface area contributed by atoms with Gasteiger partial charge in [-0.15, -0.1) is 0 Å². The predicted octanol–water partition coefficient (Wildman–Crippen LogP) is 3.10. The molecule has 1 atom stereocenters. The molecule has 1 aromatic rings. The highest BCUT2D eigenvalue weighted by Gasteiger charge is 2.24. The molecule has 1 N–H and O–H groups in total. The van der Waals surface area contributed by atoms with Crippen molar-refractivity contribution in [1.29, 1.82) is 0 Å². The van der Waals surface area contributed by atoms with Gasteiger partial charge in [-0.25, -0.2) is 0 Å². The van der Waals surface area contributed by atoms with Crippen LogP contribution in [0.1, 0.15) is 49.5 Å². The first-order chi connectivity index (χ1) is 7.73. The van der Waals surface area contributed by atoms with Gasteiger partial charge in [0.1, 0.15) is 0 Å². The van der Waals surface area contributed by atoms with Gasteiger partial charge in [-0.05, 0) is 18.6 Å². The van der Waals surface area contributed by atoms with Gasteiger partial charge in [0.05, 0.1) is 5.92 Å². The van der Waals surface area contributed by atoms with E-state index in [0.717, 1.165) is 0 Å². The first-order valence-corrected chi connectivity index (χ1v) is 5.61. The first-order valence-electron chi connectivity index (χ1n) is 5.61. The van der Waals surface area contributed by atoms with E-state index >= 15 is 0 Å². The maximum Gasteiger partial charge on any atom is 0.310 e. The molecule has 0 aliphatic heterocycles. The third kappa shape index (κ3) is 3.16. The Kier molecular flexibility index (Phi) is 3.71. The minimum absolute atomic E-state index is 0.0249. The Morgan fingerprint density at radius 2 is 1.82 bits per heavy atom. The standard InChI is InChI=1S/C14H18O3/c1-9(13(16)17)10-6-5-7-11(8-10)12(15)14(2,3)4/h5-9H,1-4H3,(H,16,17). The number of hydrogen-bond donors (Lipinski definition) is 1. The second-order valence-corrected chi connectivity index (χ2v) is 5.26. The van der Waals surface area contributed by atoms with Crippen LogP contribution in [0.3, 0.4) is 0 Å². The minimum atomic E-state index is -0.884. The lowest BCUT2D eigenvalue weighted by Gasteiger charge is -2.17. The fourth-order valence-electron chi connectivity index (χ4n) is 1.52. The number of ketones is 1. The molecule has 0 aliphatic rings. The summed E-state index contributed by atoms with van der Waals surface area (Å²) in [5.41, 5.74) is 0.779. The normalized spacial score (nSPS) is 13.2. The molecule has 0 bridgehead atoms. The lowest BCUT2D eigenvalue weighted by atomic mass is 9.85. The zero-order valence-electron chi connectivity index (χ0n) is 10.7. The van der Waals surface area contributed by atoms with Gasteiger partial charge in [0, 0.05) is 11.0 Å². The fraction of sp³-hybridized carbons (Fsp3) is 0.429. The van der Waals surface area contributed by atoms with E-state index in [1.807, 2.05) is 20.8 Å². The van der Waals surface area contributed by atoms with Crippen molar-refractivity contribution in [2.75, 3.05) is 0 Å². The molecule has 0 aliphatic carbocycles. The van der Waals surface area contributed by atoms with Crippen molar-refractivity contribution in [1.82, 2.24) is 0 Å². The van der Waals surface area contributed by atoms with Crippen LogP contribution in [0.4, 0.5) is 0 Å². The Hall–Kier alpha value is -1.64. The van der Waals surface area contributed by atoms with Gasteiger partial charge < -0.3 is 5.11 Å². The lowest BCUT2D eigenvalue weighted by Crippen LogP contribution is -2.20. The summed E-state index contributed by atoms with van der Waals surface area (Å²) in [6.45, 7) is 7.16. The van der Waals surface area contributed by atoms with Gasteiger partial charge in [0.15, 0.2) is 5.78 Å². The number of rotatable bonds is 3. The zero-order valence-corrected chi connectivity index (χ0v) is 10.7. The van der Waals surface area contributed by atoms with E-state index < -0.39 is 17.3 Å². The van der Waals surface area contributed by atoms with Crippen molar-refractivity contribution < 1.29 is 14.7 Å². The molecular weight excluding hydrogens is 216 g/mol. The number of Topliss-reactive ketones (excluding diaryl/α,β-unsaturated/α-hetero) is 1. The highest BCUT2D eigenvalue weighted by molar-refractivity contribution is 6.00. The molecule has 3 nitrogen and oxygen atoms in total. The van der Waals surface area contributed by atoms with Crippen molar-refractivity contribution in [3.05, 3.63) is 35.4 Å². The topological polar surface area (TPSA) is 54.4 Å². The zero-order chi connectivity index (χ0) is 13.2. The number of carboxylic acids is 1. The number of benzene rings is 1. The fourth-order valence-corrected chi connectivity index (χ4v) is 1.52. The van der Waals surface area contributed by atoms with Crippen LogP contribution in [-0.2, 0) is 4.79 Å².